The molecular formula is C35H45F2N7O4S. The fraction of sp³-hybridized carbons (Fsp3) is 0.486. The number of aromatic nitrogens is 4. The molecule has 3 atom stereocenters. The van der Waals surface area contributed by atoms with Crippen molar-refractivity contribution in [3.8, 4) is 11.3 Å². The van der Waals surface area contributed by atoms with Gasteiger partial charge in [-0.05, 0) is 87.8 Å². The molecule has 4 aromatic rings. The third-order valence-corrected chi connectivity index (χ3v) is 10.2. The first-order chi connectivity index (χ1) is 23.2. The fourth-order valence-electron chi connectivity index (χ4n) is 6.53. The number of imidazole rings is 1. The Morgan fingerprint density at radius 3 is 2.45 bits per heavy atom. The molecular weight excluding hydrogens is 652 g/mol. The van der Waals surface area contributed by atoms with Gasteiger partial charge in [-0.25, -0.2) is 32.2 Å². The summed E-state index contributed by atoms with van der Waals surface area (Å²) in [6.07, 6.45) is 4.20. The van der Waals surface area contributed by atoms with E-state index < -0.39 is 21.7 Å². The molecule has 49 heavy (non-hydrogen) atoms. The second-order valence-electron chi connectivity index (χ2n) is 13.5. The molecule has 1 saturated carbocycles. The van der Waals surface area contributed by atoms with E-state index in [1.165, 1.54) is 6.07 Å². The van der Waals surface area contributed by atoms with Crippen molar-refractivity contribution in [1.82, 2.24) is 24.8 Å². The van der Waals surface area contributed by atoms with E-state index in [0.717, 1.165) is 25.5 Å². The number of carbonyl (C=O) groups is 1. The first-order valence-electron chi connectivity index (χ1n) is 16.7. The minimum Gasteiger partial charge on any atom is -0.368 e. The number of halogens is 2. The van der Waals surface area contributed by atoms with Crippen LogP contribution in [-0.4, -0.2) is 58.9 Å². The van der Waals surface area contributed by atoms with Crippen LogP contribution in [0, 0.1) is 36.3 Å². The predicted molar refractivity (Wildman–Crippen MR) is 187 cm³/mol. The molecule has 2 aromatic carbocycles. The van der Waals surface area contributed by atoms with Crippen molar-refractivity contribution in [3.05, 3.63) is 60.1 Å². The molecule has 2 aromatic heterocycles. The van der Waals surface area contributed by atoms with Crippen molar-refractivity contribution in [2.24, 2.45) is 17.8 Å². The second-order valence-corrected chi connectivity index (χ2v) is 15.3. The van der Waals surface area contributed by atoms with Crippen molar-refractivity contribution in [3.63, 3.8) is 0 Å². The van der Waals surface area contributed by atoms with Crippen LogP contribution in [0.4, 0.5) is 26.1 Å². The molecule has 11 nitrogen and oxygen atoms in total. The molecule has 0 unspecified atom stereocenters. The molecule has 2 heterocycles. The number of aryl methyl sites for hydroxylation is 1. The zero-order chi connectivity index (χ0) is 35.5. The van der Waals surface area contributed by atoms with Gasteiger partial charge in [0, 0.05) is 29.5 Å². The largest absolute Gasteiger partial charge is 0.368 e. The van der Waals surface area contributed by atoms with E-state index >= 15 is 4.39 Å². The molecule has 0 spiro atoms. The van der Waals surface area contributed by atoms with Crippen LogP contribution in [0.5, 0.6) is 0 Å². The van der Waals surface area contributed by atoms with Crippen LogP contribution in [0.3, 0.4) is 0 Å². The van der Waals surface area contributed by atoms with Crippen LogP contribution < -0.4 is 15.4 Å². The van der Waals surface area contributed by atoms with Gasteiger partial charge >= 0.3 is 0 Å². The zero-order valence-electron chi connectivity index (χ0n) is 28.8. The first-order valence-corrected chi connectivity index (χ1v) is 18.3. The standard InChI is InChI=1S/C35H45F2N7O4S/c1-20(2)27-12-7-22(5)15-31(27)48-19-32(45)38-13-14-49(46,47)43-26-10-8-25(9-11-26)41-35-39-18-29(37)33(42-35)24-16-28(36)34-30(17-24)44(21(3)4)23(6)40-34/h8-11,16-18,20-22,27,31,43H,7,12-15,19H2,1-6H3,(H,38,45)(H,39,41,42)/t22-,27+,31-/m1/s1. The van der Waals surface area contributed by atoms with Gasteiger partial charge < -0.3 is 19.9 Å². The number of amides is 1. The summed E-state index contributed by atoms with van der Waals surface area (Å²) in [4.78, 5) is 25.0. The Morgan fingerprint density at radius 1 is 1.04 bits per heavy atom. The number of nitrogens with zero attached hydrogens (tertiary/aromatic N) is 4. The lowest BCUT2D eigenvalue weighted by molar-refractivity contribution is -0.131. The van der Waals surface area contributed by atoms with Crippen molar-refractivity contribution in [1.29, 1.82) is 0 Å². The Bertz CT molecular complexity index is 1900. The number of anilines is 3. The molecule has 0 saturated heterocycles. The highest BCUT2D eigenvalue weighted by Gasteiger charge is 2.31. The van der Waals surface area contributed by atoms with Gasteiger partial charge in [0.15, 0.2) is 11.6 Å². The van der Waals surface area contributed by atoms with Crippen LogP contribution in [0.25, 0.3) is 22.3 Å². The number of rotatable bonds is 13. The highest BCUT2D eigenvalue weighted by molar-refractivity contribution is 7.92. The summed E-state index contributed by atoms with van der Waals surface area (Å²) >= 11 is 0. The Balaban J connectivity index is 1.16. The van der Waals surface area contributed by atoms with E-state index in [0.29, 0.717) is 40.5 Å². The third kappa shape index (κ3) is 8.90. The summed E-state index contributed by atoms with van der Waals surface area (Å²) in [5.74, 6) is 0.182. The number of sulfonamides is 1. The van der Waals surface area contributed by atoms with Gasteiger partial charge in [0.25, 0.3) is 0 Å². The number of fused-ring (bicyclic) bond motifs is 1. The normalized spacial score (nSPS) is 18.3. The summed E-state index contributed by atoms with van der Waals surface area (Å²) in [7, 11) is -3.76. The van der Waals surface area contributed by atoms with E-state index in [2.05, 4.69) is 51.1 Å². The lowest BCUT2D eigenvalue weighted by atomic mass is 9.75. The number of nitrogens with one attached hydrogen (secondary N) is 3. The van der Waals surface area contributed by atoms with Gasteiger partial charge in [-0.2, -0.15) is 0 Å². The molecule has 1 amide bonds. The molecule has 0 bridgehead atoms. The van der Waals surface area contributed by atoms with Crippen molar-refractivity contribution in [2.75, 3.05) is 28.9 Å². The van der Waals surface area contributed by atoms with E-state index in [1.807, 2.05) is 18.4 Å². The third-order valence-electron chi connectivity index (χ3n) is 8.96. The van der Waals surface area contributed by atoms with Crippen LogP contribution >= 0.6 is 0 Å². The van der Waals surface area contributed by atoms with Crippen molar-refractivity contribution < 1.29 is 26.7 Å². The van der Waals surface area contributed by atoms with Gasteiger partial charge in [-0.15, -0.1) is 0 Å². The zero-order valence-corrected chi connectivity index (χ0v) is 29.6. The maximum atomic E-state index is 15.0. The number of hydrogen-bond donors (Lipinski definition) is 3. The summed E-state index contributed by atoms with van der Waals surface area (Å²) in [5.41, 5.74) is 1.72. The molecule has 0 aliphatic heterocycles. The summed E-state index contributed by atoms with van der Waals surface area (Å²) in [5, 5.41) is 5.61. The molecule has 5 rings (SSSR count). The van der Waals surface area contributed by atoms with E-state index in [1.54, 1.807) is 37.3 Å². The fourth-order valence-corrected chi connectivity index (χ4v) is 7.50. The quantitative estimate of drug-likeness (QED) is 0.140. The van der Waals surface area contributed by atoms with Crippen LogP contribution in [0.1, 0.15) is 65.7 Å². The Labute approximate surface area is 286 Å². The number of carbonyl (C=O) groups excluding carboxylic acids is 1. The average Bonchev–Trinajstić information content (AvgIpc) is 3.38. The van der Waals surface area contributed by atoms with E-state index in [-0.39, 0.29) is 59.7 Å². The Hall–Kier alpha value is -4.17. The van der Waals surface area contributed by atoms with E-state index in [9.17, 15) is 17.6 Å². The summed E-state index contributed by atoms with van der Waals surface area (Å²) in [6.45, 7) is 12.1. The van der Waals surface area contributed by atoms with Gasteiger partial charge in [-0.1, -0.05) is 27.2 Å². The van der Waals surface area contributed by atoms with Crippen LogP contribution in [0.2, 0.25) is 0 Å². The molecule has 3 N–H and O–H groups in total. The lowest BCUT2D eigenvalue weighted by Crippen LogP contribution is -2.38. The molecule has 1 aliphatic rings. The number of benzene rings is 2. The molecule has 0 radical (unpaired) electrons. The monoisotopic (exact) mass is 697 g/mol. The molecule has 14 heteroatoms. The lowest BCUT2D eigenvalue weighted by Gasteiger charge is -2.37. The van der Waals surface area contributed by atoms with Gasteiger partial charge in [-0.3, -0.25) is 9.52 Å². The molecule has 1 aliphatic carbocycles. The van der Waals surface area contributed by atoms with Crippen molar-refractivity contribution in [2.45, 2.75) is 73.0 Å². The first kappa shape index (κ1) is 36.1. The maximum Gasteiger partial charge on any atom is 0.246 e. The number of hydrogen-bond acceptors (Lipinski definition) is 8. The predicted octanol–water partition coefficient (Wildman–Crippen LogP) is 6.74. The van der Waals surface area contributed by atoms with Gasteiger partial charge in [0.1, 0.15) is 23.6 Å². The van der Waals surface area contributed by atoms with Crippen LogP contribution in [-0.2, 0) is 19.6 Å². The Kier molecular flexibility index (Phi) is 11.2. The topological polar surface area (TPSA) is 140 Å². The maximum absolute atomic E-state index is 15.0. The van der Waals surface area contributed by atoms with Gasteiger partial charge in [0.05, 0.1) is 23.6 Å². The highest BCUT2D eigenvalue weighted by atomic mass is 32.2. The molecule has 264 valence electrons. The van der Waals surface area contributed by atoms with Crippen molar-refractivity contribution >= 4 is 44.3 Å². The highest BCUT2D eigenvalue weighted by Crippen LogP contribution is 2.35. The number of ether oxygens (including phenoxy) is 1. The minimum absolute atomic E-state index is 0.0124. The second kappa shape index (κ2) is 15.2. The smallest absolute Gasteiger partial charge is 0.246 e. The molecule has 1 fully saturated rings. The minimum atomic E-state index is -3.76. The van der Waals surface area contributed by atoms with Gasteiger partial charge in [0.2, 0.25) is 21.9 Å². The van der Waals surface area contributed by atoms with E-state index in [4.69, 9.17) is 4.74 Å². The average molecular weight is 698 g/mol. The van der Waals surface area contributed by atoms with Crippen LogP contribution in [0.15, 0.2) is 42.6 Å². The summed E-state index contributed by atoms with van der Waals surface area (Å²) in [6, 6.07) is 9.18. The summed E-state index contributed by atoms with van der Waals surface area (Å²) < 4.78 is 65.7. The Morgan fingerprint density at radius 2 is 1.76 bits per heavy atom. The SMILES string of the molecule is Cc1nc2c(F)cc(-c3nc(Nc4ccc(NS(=O)(=O)CCNC(=O)CO[C@@H]5C[C@H](C)CC[C@H]5C(C)C)cc4)ncc3F)cc2n1C(C)C.